The SMILES string of the molecule is CCN(c1ncc(C)cc1CN1C(=O)O[C@H](c2cc(C)cc(C(F)(F)F)c2)[C@@H]1C)C1CCC(CC(=O)OC)CC1. The van der Waals surface area contributed by atoms with E-state index in [2.05, 4.69) is 11.8 Å². The van der Waals surface area contributed by atoms with Crippen molar-refractivity contribution in [2.45, 2.75) is 90.7 Å². The summed E-state index contributed by atoms with van der Waals surface area (Å²) in [5, 5.41) is 0. The lowest BCUT2D eigenvalue weighted by Crippen LogP contribution is -2.40. The van der Waals surface area contributed by atoms with Gasteiger partial charge in [0.2, 0.25) is 0 Å². The highest BCUT2D eigenvalue weighted by Crippen LogP contribution is 2.39. The number of cyclic esters (lactones) is 1. The fourth-order valence-electron chi connectivity index (χ4n) is 6.04. The lowest BCUT2D eigenvalue weighted by molar-refractivity contribution is -0.142. The summed E-state index contributed by atoms with van der Waals surface area (Å²) < 4.78 is 50.9. The third-order valence-corrected chi connectivity index (χ3v) is 8.12. The third-order valence-electron chi connectivity index (χ3n) is 8.12. The first-order valence-electron chi connectivity index (χ1n) is 13.9. The van der Waals surface area contributed by atoms with Crippen molar-refractivity contribution in [3.8, 4) is 0 Å². The zero-order chi connectivity index (χ0) is 29.2. The highest BCUT2D eigenvalue weighted by atomic mass is 19.4. The van der Waals surface area contributed by atoms with Crippen LogP contribution in [0.1, 0.15) is 79.9 Å². The smallest absolute Gasteiger partial charge is 0.416 e. The molecule has 1 saturated heterocycles. The Balaban J connectivity index is 1.54. The summed E-state index contributed by atoms with van der Waals surface area (Å²) in [6.07, 6.45) is 0.0585. The van der Waals surface area contributed by atoms with Crippen LogP contribution < -0.4 is 4.90 Å². The fourth-order valence-corrected chi connectivity index (χ4v) is 6.04. The molecule has 1 aromatic carbocycles. The van der Waals surface area contributed by atoms with Gasteiger partial charge >= 0.3 is 18.2 Å². The minimum absolute atomic E-state index is 0.177. The van der Waals surface area contributed by atoms with Crippen molar-refractivity contribution in [2.75, 3.05) is 18.6 Å². The van der Waals surface area contributed by atoms with Crippen LogP contribution in [0.4, 0.5) is 23.8 Å². The van der Waals surface area contributed by atoms with E-state index in [-0.39, 0.29) is 18.6 Å². The van der Waals surface area contributed by atoms with Gasteiger partial charge < -0.3 is 14.4 Å². The zero-order valence-electron chi connectivity index (χ0n) is 23.8. The van der Waals surface area contributed by atoms with Crippen LogP contribution in [0.5, 0.6) is 0 Å². The van der Waals surface area contributed by atoms with Gasteiger partial charge in [-0.05, 0) is 88.6 Å². The molecule has 1 saturated carbocycles. The Labute approximate surface area is 233 Å². The molecule has 2 atom stereocenters. The Morgan fingerprint density at radius 1 is 1.12 bits per heavy atom. The van der Waals surface area contributed by atoms with Crippen molar-refractivity contribution in [3.63, 3.8) is 0 Å². The van der Waals surface area contributed by atoms with E-state index in [4.69, 9.17) is 14.5 Å². The van der Waals surface area contributed by atoms with Gasteiger partial charge in [-0.3, -0.25) is 9.69 Å². The van der Waals surface area contributed by atoms with Gasteiger partial charge in [-0.15, -0.1) is 0 Å². The minimum Gasteiger partial charge on any atom is -0.469 e. The second-order valence-electron chi connectivity index (χ2n) is 11.0. The number of hydrogen-bond acceptors (Lipinski definition) is 6. The number of anilines is 1. The predicted octanol–water partition coefficient (Wildman–Crippen LogP) is 6.75. The maximum atomic E-state index is 13.5. The van der Waals surface area contributed by atoms with Crippen molar-refractivity contribution in [1.29, 1.82) is 0 Å². The second-order valence-corrected chi connectivity index (χ2v) is 11.0. The van der Waals surface area contributed by atoms with E-state index in [9.17, 15) is 22.8 Å². The molecular formula is C30H38F3N3O4. The number of carbonyl (C=O) groups is 2. The molecule has 40 heavy (non-hydrogen) atoms. The first-order valence-corrected chi connectivity index (χ1v) is 13.9. The maximum Gasteiger partial charge on any atom is 0.416 e. The molecule has 2 aliphatic rings. The summed E-state index contributed by atoms with van der Waals surface area (Å²) in [6, 6.07) is 5.58. The first kappa shape index (κ1) is 29.7. The summed E-state index contributed by atoms with van der Waals surface area (Å²) in [6.45, 7) is 8.37. The zero-order valence-corrected chi connectivity index (χ0v) is 23.8. The Morgan fingerprint density at radius 2 is 1.82 bits per heavy atom. The summed E-state index contributed by atoms with van der Waals surface area (Å²) in [4.78, 5) is 33.4. The van der Waals surface area contributed by atoms with Crippen molar-refractivity contribution >= 4 is 17.9 Å². The van der Waals surface area contributed by atoms with Crippen molar-refractivity contribution < 1.29 is 32.2 Å². The molecule has 1 aliphatic carbocycles. The van der Waals surface area contributed by atoms with E-state index >= 15 is 0 Å². The van der Waals surface area contributed by atoms with Crippen LogP contribution >= 0.6 is 0 Å². The normalized spacial score (nSPS) is 23.2. The van der Waals surface area contributed by atoms with Crippen LogP contribution in [0, 0.1) is 19.8 Å². The predicted molar refractivity (Wildman–Crippen MR) is 145 cm³/mol. The van der Waals surface area contributed by atoms with Gasteiger partial charge in [-0.1, -0.05) is 11.6 Å². The van der Waals surface area contributed by atoms with Gasteiger partial charge in [0.15, 0.2) is 0 Å². The third kappa shape index (κ3) is 6.53. The number of rotatable bonds is 8. The number of nitrogens with zero attached hydrogens (tertiary/aromatic N) is 3. The number of halogens is 3. The molecule has 1 amide bonds. The van der Waals surface area contributed by atoms with Gasteiger partial charge in [0.25, 0.3) is 0 Å². The highest BCUT2D eigenvalue weighted by molar-refractivity contribution is 5.71. The lowest BCUT2D eigenvalue weighted by atomic mass is 9.83. The summed E-state index contributed by atoms with van der Waals surface area (Å²) >= 11 is 0. The number of aryl methyl sites for hydroxylation is 2. The Bertz CT molecular complexity index is 1230. The van der Waals surface area contributed by atoms with Gasteiger partial charge in [0.05, 0.1) is 25.3 Å². The molecule has 0 radical (unpaired) electrons. The lowest BCUT2D eigenvalue weighted by Gasteiger charge is -2.38. The molecule has 2 heterocycles. The average molecular weight is 562 g/mol. The molecule has 2 aromatic rings. The highest BCUT2D eigenvalue weighted by Gasteiger charge is 2.41. The molecule has 0 N–H and O–H groups in total. The van der Waals surface area contributed by atoms with Gasteiger partial charge in [-0.25, -0.2) is 9.78 Å². The van der Waals surface area contributed by atoms with E-state index in [1.807, 2.05) is 19.2 Å². The van der Waals surface area contributed by atoms with Gasteiger partial charge in [-0.2, -0.15) is 13.2 Å². The molecule has 0 bridgehead atoms. The minimum atomic E-state index is -4.49. The molecule has 1 aliphatic heterocycles. The topological polar surface area (TPSA) is 72.0 Å². The van der Waals surface area contributed by atoms with Crippen molar-refractivity contribution in [1.82, 2.24) is 9.88 Å². The van der Waals surface area contributed by atoms with Crippen LogP contribution in [0.25, 0.3) is 0 Å². The van der Waals surface area contributed by atoms with Crippen LogP contribution in [0.2, 0.25) is 0 Å². The van der Waals surface area contributed by atoms with E-state index in [0.717, 1.165) is 61.3 Å². The molecular weight excluding hydrogens is 523 g/mol. The second kappa shape index (κ2) is 12.1. The molecule has 0 spiro atoms. The van der Waals surface area contributed by atoms with E-state index < -0.39 is 30.0 Å². The van der Waals surface area contributed by atoms with E-state index in [0.29, 0.717) is 23.5 Å². The largest absolute Gasteiger partial charge is 0.469 e. The van der Waals surface area contributed by atoms with Crippen LogP contribution in [-0.2, 0) is 27.0 Å². The van der Waals surface area contributed by atoms with E-state index in [1.165, 1.54) is 7.11 Å². The van der Waals surface area contributed by atoms with Crippen LogP contribution in [0.15, 0.2) is 30.5 Å². The monoisotopic (exact) mass is 561 g/mol. The van der Waals surface area contributed by atoms with Crippen LogP contribution in [-0.4, -0.2) is 47.7 Å². The quantitative estimate of drug-likeness (QED) is 0.332. The van der Waals surface area contributed by atoms with Crippen molar-refractivity contribution in [2.24, 2.45) is 5.92 Å². The average Bonchev–Trinajstić information content (AvgIpc) is 3.18. The number of aromatic nitrogens is 1. The van der Waals surface area contributed by atoms with Gasteiger partial charge in [0.1, 0.15) is 11.9 Å². The summed E-state index contributed by atoms with van der Waals surface area (Å²) in [5.41, 5.74) is 1.84. The number of pyridine rings is 1. The molecule has 7 nitrogen and oxygen atoms in total. The molecule has 218 valence electrons. The van der Waals surface area contributed by atoms with E-state index in [1.54, 1.807) is 24.8 Å². The number of amides is 1. The maximum absolute atomic E-state index is 13.5. The summed E-state index contributed by atoms with van der Waals surface area (Å²) in [7, 11) is 1.41. The molecule has 0 unspecified atom stereocenters. The molecule has 2 fully saturated rings. The standard InChI is InChI=1S/C30H38F3N3O4/c1-6-35(25-9-7-21(8-10-25)14-26(37)39-5)28-23(12-19(3)16-34-28)17-36-20(4)27(40-29(36)38)22-11-18(2)13-24(15-22)30(31,32)33/h11-13,15-16,20-21,25,27H,6-10,14,17H2,1-5H3/t20-,21?,25?,27-/m0/s1. The number of esters is 1. The Hall–Kier alpha value is -3.30. The fraction of sp³-hybridized carbons (Fsp3) is 0.567. The summed E-state index contributed by atoms with van der Waals surface area (Å²) in [5.74, 6) is 0.927. The number of methoxy groups -OCH3 is 1. The van der Waals surface area contributed by atoms with Crippen molar-refractivity contribution in [3.05, 3.63) is 58.3 Å². The Kier molecular flexibility index (Phi) is 8.95. The van der Waals surface area contributed by atoms with Crippen LogP contribution in [0.3, 0.4) is 0 Å². The molecule has 10 heteroatoms. The number of ether oxygens (including phenoxy) is 2. The first-order chi connectivity index (χ1) is 18.9. The number of hydrogen-bond donors (Lipinski definition) is 0. The van der Waals surface area contributed by atoms with Gasteiger partial charge in [0, 0.05) is 30.8 Å². The number of benzene rings is 1. The Morgan fingerprint density at radius 3 is 2.45 bits per heavy atom. The number of carbonyl (C=O) groups excluding carboxylic acids is 2. The number of alkyl halides is 3. The molecule has 1 aromatic heterocycles. The molecule has 4 rings (SSSR count).